The molecule has 6 heteroatoms. The van der Waals surface area contributed by atoms with E-state index in [9.17, 15) is 14.7 Å². The number of carbonyl (C=O) groups is 2. The highest BCUT2D eigenvalue weighted by Crippen LogP contribution is 2.49. The summed E-state index contributed by atoms with van der Waals surface area (Å²) in [5.41, 5.74) is 2.93. The summed E-state index contributed by atoms with van der Waals surface area (Å²) in [4.78, 5) is 30.3. The molecule has 0 aromatic heterocycles. The van der Waals surface area contributed by atoms with Gasteiger partial charge in [0.15, 0.2) is 17.3 Å². The second-order valence-corrected chi connectivity index (χ2v) is 7.47. The highest BCUT2D eigenvalue weighted by molar-refractivity contribution is 6.32. The van der Waals surface area contributed by atoms with E-state index < -0.39 is 11.8 Å². The van der Waals surface area contributed by atoms with Gasteiger partial charge in [0.1, 0.15) is 5.78 Å². The summed E-state index contributed by atoms with van der Waals surface area (Å²) in [6.45, 7) is 0. The first-order chi connectivity index (χ1) is 12.5. The lowest BCUT2D eigenvalue weighted by Crippen LogP contribution is -2.39. The Balaban J connectivity index is 1.94. The summed E-state index contributed by atoms with van der Waals surface area (Å²) in [6.07, 6.45) is 4.05. The van der Waals surface area contributed by atoms with Gasteiger partial charge in [0.25, 0.3) is 0 Å². The third kappa shape index (κ3) is 2.65. The Morgan fingerprint density at radius 2 is 1.88 bits per heavy atom. The molecule has 26 heavy (non-hydrogen) atoms. The van der Waals surface area contributed by atoms with Crippen LogP contribution in [0.25, 0.3) is 0 Å². The van der Waals surface area contributed by atoms with Crippen molar-refractivity contribution >= 4 is 28.9 Å². The monoisotopic (exact) mass is 373 g/mol. The first-order valence-corrected chi connectivity index (χ1v) is 9.32. The lowest BCUT2D eigenvalue weighted by Gasteiger charge is -2.38. The Morgan fingerprint density at radius 3 is 2.65 bits per heavy atom. The molecule has 1 heterocycles. The van der Waals surface area contributed by atoms with Gasteiger partial charge in [-0.1, -0.05) is 11.6 Å². The predicted octanol–water partition coefficient (Wildman–Crippen LogP) is 3.97. The zero-order valence-electron chi connectivity index (χ0n) is 14.5. The summed E-state index contributed by atoms with van der Waals surface area (Å²) < 4.78 is 5.23. The second kappa shape index (κ2) is 6.54. The van der Waals surface area contributed by atoms with E-state index in [0.717, 1.165) is 37.1 Å². The van der Waals surface area contributed by atoms with Crippen molar-refractivity contribution in [1.82, 2.24) is 0 Å². The van der Waals surface area contributed by atoms with Crippen LogP contribution in [0, 0.1) is 5.92 Å². The number of nitrogens with zero attached hydrogens (tertiary/aromatic N) is 1. The highest BCUT2D eigenvalue weighted by Gasteiger charge is 2.45. The van der Waals surface area contributed by atoms with Gasteiger partial charge in [-0.25, -0.2) is 0 Å². The number of halogens is 1. The molecule has 5 nitrogen and oxygen atoms in total. The SMILES string of the molecule is COc1cc([C@H]2C3=C(CCCC3=O)N=C3CCCC(=O)C32)c(Cl)cc1O. The normalized spacial score (nSPS) is 25.5. The molecule has 4 rings (SSSR count). The highest BCUT2D eigenvalue weighted by atomic mass is 35.5. The van der Waals surface area contributed by atoms with Crippen LogP contribution < -0.4 is 4.74 Å². The van der Waals surface area contributed by atoms with E-state index in [-0.39, 0.29) is 23.1 Å². The minimum atomic E-state index is -0.448. The number of benzene rings is 1. The molecule has 2 atom stereocenters. The maximum absolute atomic E-state index is 12.8. The molecule has 0 saturated heterocycles. The van der Waals surface area contributed by atoms with Crippen molar-refractivity contribution in [2.24, 2.45) is 10.9 Å². The van der Waals surface area contributed by atoms with Crippen LogP contribution in [0.5, 0.6) is 11.5 Å². The average molecular weight is 374 g/mol. The lowest BCUT2D eigenvalue weighted by atomic mass is 9.67. The largest absolute Gasteiger partial charge is 0.504 e. The fourth-order valence-electron chi connectivity index (χ4n) is 4.40. The number of Topliss-reactive ketones (excluding diaryl/α,β-unsaturated/α-hetero) is 2. The van der Waals surface area contributed by atoms with Crippen molar-refractivity contribution in [3.05, 3.63) is 34.0 Å². The fourth-order valence-corrected chi connectivity index (χ4v) is 4.67. The standard InChI is InChI=1S/C20H20ClNO4/c1-26-17-8-10(11(21)9-16(17)25)18-19-12(4-2-6-14(19)23)22-13-5-3-7-15(24)20(13)18/h8-9,18-19,25H,2-7H2,1H3/t18-,19?/m1/s1. The Hall–Kier alpha value is -2.14. The molecule has 1 aliphatic heterocycles. The molecule has 3 aliphatic rings. The van der Waals surface area contributed by atoms with Crippen molar-refractivity contribution in [3.8, 4) is 11.5 Å². The third-order valence-corrected chi connectivity index (χ3v) is 5.87. The topological polar surface area (TPSA) is 76.0 Å². The number of phenols is 1. The number of aliphatic imine (C=N–C) groups is 1. The van der Waals surface area contributed by atoms with Crippen LogP contribution in [0.1, 0.15) is 50.0 Å². The maximum Gasteiger partial charge on any atom is 0.161 e. The van der Waals surface area contributed by atoms with Crippen LogP contribution in [-0.4, -0.2) is 29.5 Å². The number of ether oxygens (including phenoxy) is 1. The molecular weight excluding hydrogens is 354 g/mol. The maximum atomic E-state index is 12.8. The first-order valence-electron chi connectivity index (χ1n) is 8.94. The van der Waals surface area contributed by atoms with Gasteiger partial charge in [0, 0.05) is 46.8 Å². The Labute approximate surface area is 156 Å². The molecule has 1 aromatic carbocycles. The van der Waals surface area contributed by atoms with E-state index >= 15 is 0 Å². The molecule has 1 saturated carbocycles. The van der Waals surface area contributed by atoms with Crippen LogP contribution in [-0.2, 0) is 9.59 Å². The van der Waals surface area contributed by atoms with Crippen LogP contribution in [0.3, 0.4) is 0 Å². The molecule has 136 valence electrons. The van der Waals surface area contributed by atoms with Crippen molar-refractivity contribution in [1.29, 1.82) is 0 Å². The molecule has 2 aliphatic carbocycles. The summed E-state index contributed by atoms with van der Waals surface area (Å²) in [7, 11) is 1.46. The minimum Gasteiger partial charge on any atom is -0.504 e. The molecule has 0 amide bonds. The quantitative estimate of drug-likeness (QED) is 0.851. The number of ketones is 2. The number of hydrogen-bond donors (Lipinski definition) is 1. The Kier molecular flexibility index (Phi) is 4.35. The number of carbonyl (C=O) groups excluding carboxylic acids is 2. The molecule has 1 unspecified atom stereocenters. The number of fused-ring (bicyclic) bond motifs is 1. The van der Waals surface area contributed by atoms with Crippen LogP contribution in [0.2, 0.25) is 5.02 Å². The van der Waals surface area contributed by atoms with Crippen molar-refractivity contribution in [2.45, 2.75) is 44.4 Å². The number of phenolic OH excluding ortho intramolecular Hbond substituents is 1. The molecular formula is C20H20ClNO4. The molecule has 0 radical (unpaired) electrons. The number of hydrogen-bond acceptors (Lipinski definition) is 5. The number of methoxy groups -OCH3 is 1. The number of aromatic hydroxyl groups is 1. The minimum absolute atomic E-state index is 0.0422. The van der Waals surface area contributed by atoms with Gasteiger partial charge in [-0.3, -0.25) is 14.6 Å². The molecule has 0 bridgehead atoms. The van der Waals surface area contributed by atoms with Crippen molar-refractivity contribution in [3.63, 3.8) is 0 Å². The van der Waals surface area contributed by atoms with E-state index in [1.807, 2.05) is 0 Å². The Morgan fingerprint density at radius 1 is 1.12 bits per heavy atom. The van der Waals surface area contributed by atoms with Gasteiger partial charge in [0.05, 0.1) is 13.0 Å². The fraction of sp³-hybridized carbons (Fsp3) is 0.450. The van der Waals surface area contributed by atoms with Crippen LogP contribution in [0.15, 0.2) is 28.4 Å². The van der Waals surface area contributed by atoms with Gasteiger partial charge in [-0.15, -0.1) is 0 Å². The Bertz CT molecular complexity index is 871. The van der Waals surface area contributed by atoms with Gasteiger partial charge >= 0.3 is 0 Å². The summed E-state index contributed by atoms with van der Waals surface area (Å²) in [6, 6.07) is 3.07. The van der Waals surface area contributed by atoms with E-state index in [1.165, 1.54) is 13.2 Å². The number of allylic oxidation sites excluding steroid dienone is 2. The number of rotatable bonds is 2. The van der Waals surface area contributed by atoms with Gasteiger partial charge in [0.2, 0.25) is 0 Å². The molecule has 1 N–H and O–H groups in total. The lowest BCUT2D eigenvalue weighted by molar-refractivity contribution is -0.122. The van der Waals surface area contributed by atoms with E-state index in [1.54, 1.807) is 6.07 Å². The summed E-state index contributed by atoms with van der Waals surface area (Å²) >= 11 is 6.45. The van der Waals surface area contributed by atoms with E-state index in [4.69, 9.17) is 21.3 Å². The smallest absolute Gasteiger partial charge is 0.161 e. The average Bonchev–Trinajstić information content (AvgIpc) is 2.61. The van der Waals surface area contributed by atoms with Gasteiger partial charge in [-0.05, 0) is 37.3 Å². The van der Waals surface area contributed by atoms with Gasteiger partial charge < -0.3 is 9.84 Å². The summed E-state index contributed by atoms with van der Waals surface area (Å²) in [5, 5.41) is 10.3. The van der Waals surface area contributed by atoms with Crippen molar-refractivity contribution < 1.29 is 19.4 Å². The van der Waals surface area contributed by atoms with Crippen LogP contribution in [0.4, 0.5) is 0 Å². The first kappa shape index (κ1) is 17.3. The van der Waals surface area contributed by atoms with Gasteiger partial charge in [-0.2, -0.15) is 0 Å². The van der Waals surface area contributed by atoms with Crippen molar-refractivity contribution in [2.75, 3.05) is 7.11 Å². The predicted molar refractivity (Wildman–Crippen MR) is 98.1 cm³/mol. The molecule has 1 aromatic rings. The second-order valence-electron chi connectivity index (χ2n) is 7.06. The van der Waals surface area contributed by atoms with E-state index in [0.29, 0.717) is 29.0 Å². The zero-order chi connectivity index (χ0) is 18.4. The summed E-state index contributed by atoms with van der Waals surface area (Å²) in [5.74, 6) is -0.530. The van der Waals surface area contributed by atoms with E-state index in [2.05, 4.69) is 0 Å². The zero-order valence-corrected chi connectivity index (χ0v) is 15.3. The van der Waals surface area contributed by atoms with Crippen LogP contribution >= 0.6 is 11.6 Å². The molecule has 1 fully saturated rings. The molecule has 0 spiro atoms. The third-order valence-electron chi connectivity index (χ3n) is 5.55.